The molecule has 0 spiro atoms. The molecule has 0 radical (unpaired) electrons. The van der Waals surface area contributed by atoms with Gasteiger partial charge in [0.2, 0.25) is 0 Å². The second kappa shape index (κ2) is 5.97. The van der Waals surface area contributed by atoms with E-state index < -0.39 is 0 Å². The molecule has 124 valence electrons. The van der Waals surface area contributed by atoms with Crippen molar-refractivity contribution in [3.8, 4) is 17.0 Å². The Kier molecular flexibility index (Phi) is 3.77. The number of aromatic nitrogens is 3. The number of benzene rings is 2. The van der Waals surface area contributed by atoms with Gasteiger partial charge in [0, 0.05) is 17.0 Å². The van der Waals surface area contributed by atoms with Gasteiger partial charge in [-0.05, 0) is 43.3 Å². The zero-order valence-corrected chi connectivity index (χ0v) is 15.2. The third-order valence-corrected chi connectivity index (χ3v) is 4.44. The summed E-state index contributed by atoms with van der Waals surface area (Å²) in [6.07, 6.45) is 0. The molecule has 0 aliphatic rings. The Hall–Kier alpha value is -2.73. The van der Waals surface area contributed by atoms with Crippen LogP contribution in [0.1, 0.15) is 12.6 Å². The summed E-state index contributed by atoms with van der Waals surface area (Å²) in [5.74, 6) is 0.115. The number of nitrogens with zero attached hydrogens (tertiary/aromatic N) is 3. The van der Waals surface area contributed by atoms with Gasteiger partial charge in [-0.1, -0.05) is 28.1 Å². The van der Waals surface area contributed by atoms with E-state index in [0.29, 0.717) is 5.75 Å². The maximum Gasteiger partial charge on any atom is 0.308 e. The van der Waals surface area contributed by atoms with E-state index in [1.807, 2.05) is 53.9 Å². The summed E-state index contributed by atoms with van der Waals surface area (Å²) in [4.78, 5) is 16.1. The van der Waals surface area contributed by atoms with E-state index in [-0.39, 0.29) is 5.97 Å². The van der Waals surface area contributed by atoms with Gasteiger partial charge in [0.25, 0.3) is 0 Å². The molecule has 4 rings (SSSR count). The van der Waals surface area contributed by atoms with E-state index in [1.165, 1.54) is 6.92 Å². The van der Waals surface area contributed by atoms with Gasteiger partial charge in [-0.3, -0.25) is 4.79 Å². The number of hydrogen-bond acceptors (Lipinski definition) is 4. The van der Waals surface area contributed by atoms with Crippen LogP contribution in [0.5, 0.6) is 5.75 Å². The van der Waals surface area contributed by atoms with Gasteiger partial charge in [-0.25, -0.2) is 9.50 Å². The Bertz CT molecular complexity index is 1130. The first-order valence-corrected chi connectivity index (χ1v) is 8.56. The van der Waals surface area contributed by atoms with Crippen molar-refractivity contribution in [3.63, 3.8) is 0 Å². The quantitative estimate of drug-likeness (QED) is 0.369. The summed E-state index contributed by atoms with van der Waals surface area (Å²) in [5.41, 5.74) is 5.09. The zero-order valence-electron chi connectivity index (χ0n) is 13.7. The van der Waals surface area contributed by atoms with E-state index >= 15 is 0 Å². The molecule has 0 N–H and O–H groups in total. The zero-order chi connectivity index (χ0) is 17.6. The molecule has 0 saturated carbocycles. The molecule has 0 aliphatic heterocycles. The molecule has 0 saturated heterocycles. The molecule has 25 heavy (non-hydrogen) atoms. The van der Waals surface area contributed by atoms with Crippen molar-refractivity contribution in [1.82, 2.24) is 14.6 Å². The first-order chi connectivity index (χ1) is 12.0. The highest BCUT2D eigenvalue weighted by Crippen LogP contribution is 2.33. The fourth-order valence-corrected chi connectivity index (χ4v) is 3.24. The van der Waals surface area contributed by atoms with Crippen LogP contribution in [0.4, 0.5) is 0 Å². The summed E-state index contributed by atoms with van der Waals surface area (Å²) >= 11 is 3.47. The molecule has 0 aliphatic carbocycles. The lowest BCUT2D eigenvalue weighted by molar-refractivity contribution is -0.131. The molecule has 2 heterocycles. The second-order valence-corrected chi connectivity index (χ2v) is 6.66. The van der Waals surface area contributed by atoms with Gasteiger partial charge in [0.05, 0.1) is 27.9 Å². The number of hydrogen-bond donors (Lipinski definition) is 0. The number of aryl methyl sites for hydroxylation is 1. The van der Waals surface area contributed by atoms with E-state index in [4.69, 9.17) is 9.84 Å². The Balaban J connectivity index is 2.00. The minimum Gasteiger partial charge on any atom is -0.426 e. The van der Waals surface area contributed by atoms with Gasteiger partial charge in [0.15, 0.2) is 0 Å². The first-order valence-electron chi connectivity index (χ1n) is 7.76. The second-order valence-electron chi connectivity index (χ2n) is 5.75. The van der Waals surface area contributed by atoms with E-state index in [1.54, 1.807) is 6.07 Å². The average molecular weight is 396 g/mol. The van der Waals surface area contributed by atoms with Crippen LogP contribution in [-0.2, 0) is 4.79 Å². The van der Waals surface area contributed by atoms with Crippen LogP contribution in [0, 0.1) is 6.92 Å². The summed E-state index contributed by atoms with van der Waals surface area (Å²) in [5, 5.41) is 4.75. The molecule has 2 aromatic heterocycles. The molecular formula is C19H14BrN3O2. The smallest absolute Gasteiger partial charge is 0.308 e. The fraction of sp³-hybridized carbons (Fsp3) is 0.105. The lowest BCUT2D eigenvalue weighted by atomic mass is 10.1. The number of esters is 1. The van der Waals surface area contributed by atoms with Crippen LogP contribution >= 0.6 is 15.9 Å². The van der Waals surface area contributed by atoms with Crippen LogP contribution in [0.3, 0.4) is 0 Å². The summed E-state index contributed by atoms with van der Waals surface area (Å²) in [6.45, 7) is 3.35. The molecular weight excluding hydrogens is 382 g/mol. The van der Waals surface area contributed by atoms with Gasteiger partial charge in [0.1, 0.15) is 5.75 Å². The number of halogens is 1. The van der Waals surface area contributed by atoms with Crippen molar-refractivity contribution < 1.29 is 9.53 Å². The van der Waals surface area contributed by atoms with Gasteiger partial charge in [-0.15, -0.1) is 0 Å². The van der Waals surface area contributed by atoms with Crippen LogP contribution in [0.2, 0.25) is 0 Å². The third kappa shape index (κ3) is 2.78. The predicted molar refractivity (Wildman–Crippen MR) is 99.7 cm³/mol. The number of rotatable bonds is 2. The Morgan fingerprint density at radius 2 is 1.92 bits per heavy atom. The van der Waals surface area contributed by atoms with Crippen LogP contribution in [0.25, 0.3) is 27.8 Å². The average Bonchev–Trinajstić information content (AvgIpc) is 3.02. The molecule has 0 fully saturated rings. The van der Waals surface area contributed by atoms with E-state index in [2.05, 4.69) is 20.9 Å². The normalized spacial score (nSPS) is 11.2. The highest BCUT2D eigenvalue weighted by atomic mass is 79.9. The van der Waals surface area contributed by atoms with Crippen molar-refractivity contribution >= 4 is 38.4 Å². The Morgan fingerprint density at radius 1 is 1.12 bits per heavy atom. The molecule has 0 bridgehead atoms. The van der Waals surface area contributed by atoms with Crippen molar-refractivity contribution in [3.05, 3.63) is 58.7 Å². The number of fused-ring (bicyclic) bond motifs is 3. The van der Waals surface area contributed by atoms with Crippen molar-refractivity contribution in [2.75, 3.05) is 0 Å². The number of carbonyl (C=O) groups is 1. The Morgan fingerprint density at radius 3 is 2.72 bits per heavy atom. The molecule has 0 atom stereocenters. The van der Waals surface area contributed by atoms with Crippen molar-refractivity contribution in [2.45, 2.75) is 13.8 Å². The summed E-state index contributed by atoms with van der Waals surface area (Å²) in [7, 11) is 0. The standard InChI is InChI=1S/C19H14BrN3O2/c1-11-18-10-16(14-9-13(20)7-8-19(14)25-12(2)24)22-23(18)17-6-4-3-5-15(17)21-11/h3-10H,1-2H3. The summed E-state index contributed by atoms with van der Waals surface area (Å²) < 4.78 is 8.11. The van der Waals surface area contributed by atoms with Crippen LogP contribution in [-0.4, -0.2) is 20.6 Å². The number of para-hydroxylation sites is 2. The fourth-order valence-electron chi connectivity index (χ4n) is 2.88. The maximum atomic E-state index is 11.4. The predicted octanol–water partition coefficient (Wildman–Crippen LogP) is 4.55. The highest BCUT2D eigenvalue weighted by molar-refractivity contribution is 9.10. The SMILES string of the molecule is CC(=O)Oc1ccc(Br)cc1-c1cc2c(C)nc3ccccc3n2n1. The van der Waals surface area contributed by atoms with Crippen LogP contribution in [0.15, 0.2) is 53.0 Å². The highest BCUT2D eigenvalue weighted by Gasteiger charge is 2.15. The topological polar surface area (TPSA) is 56.5 Å². The molecule has 6 heteroatoms. The molecule has 0 amide bonds. The van der Waals surface area contributed by atoms with Gasteiger partial charge < -0.3 is 4.74 Å². The van der Waals surface area contributed by atoms with Crippen LogP contribution < -0.4 is 4.74 Å². The van der Waals surface area contributed by atoms with E-state index in [9.17, 15) is 4.79 Å². The number of ether oxygens (including phenoxy) is 1. The summed E-state index contributed by atoms with van der Waals surface area (Å²) in [6, 6.07) is 15.3. The largest absolute Gasteiger partial charge is 0.426 e. The molecule has 2 aromatic carbocycles. The third-order valence-electron chi connectivity index (χ3n) is 3.95. The van der Waals surface area contributed by atoms with Crippen molar-refractivity contribution in [1.29, 1.82) is 0 Å². The molecule has 5 nitrogen and oxygen atoms in total. The van der Waals surface area contributed by atoms with E-state index in [0.717, 1.165) is 38.0 Å². The monoisotopic (exact) mass is 395 g/mol. The minimum atomic E-state index is -0.365. The van der Waals surface area contributed by atoms with Gasteiger partial charge >= 0.3 is 5.97 Å². The van der Waals surface area contributed by atoms with Gasteiger partial charge in [-0.2, -0.15) is 5.10 Å². The molecule has 4 aromatic rings. The first kappa shape index (κ1) is 15.8. The number of carbonyl (C=O) groups excluding carboxylic acids is 1. The maximum absolute atomic E-state index is 11.4. The molecule has 0 unspecified atom stereocenters. The van der Waals surface area contributed by atoms with Crippen molar-refractivity contribution in [2.24, 2.45) is 0 Å². The minimum absolute atomic E-state index is 0.365. The lowest BCUT2D eigenvalue weighted by Gasteiger charge is -2.07. The lowest BCUT2D eigenvalue weighted by Crippen LogP contribution is -2.02. The Labute approximate surface area is 152 Å².